The standard InChI is InChI=1S/C15H17F3N2O3/c1-9(21)2-7-12(14(19)23)20-13(22)8-10-3-5-11(6-4-10)15(16,17)18/h3-6,12H,2,7-8H2,1H3,(H2,19,23)(H,20,22)/t12-/m1/s1. The van der Waals surface area contributed by atoms with Gasteiger partial charge in [-0.25, -0.2) is 0 Å². The van der Waals surface area contributed by atoms with Gasteiger partial charge in [-0.2, -0.15) is 13.2 Å². The normalized spacial score (nSPS) is 12.5. The first-order valence-corrected chi connectivity index (χ1v) is 6.84. The number of ketones is 1. The van der Waals surface area contributed by atoms with Crippen LogP contribution in [0.5, 0.6) is 0 Å². The summed E-state index contributed by atoms with van der Waals surface area (Å²) in [6, 6.07) is 3.16. The summed E-state index contributed by atoms with van der Waals surface area (Å²) in [7, 11) is 0. The summed E-state index contributed by atoms with van der Waals surface area (Å²) in [6.45, 7) is 1.35. The number of Topliss-reactive ketones (excluding diaryl/α,β-unsaturated/α-hetero) is 1. The summed E-state index contributed by atoms with van der Waals surface area (Å²) in [4.78, 5) is 34.0. The van der Waals surface area contributed by atoms with Gasteiger partial charge in [0, 0.05) is 6.42 Å². The van der Waals surface area contributed by atoms with Crippen molar-refractivity contribution in [2.24, 2.45) is 5.73 Å². The van der Waals surface area contributed by atoms with Gasteiger partial charge in [0.25, 0.3) is 0 Å². The summed E-state index contributed by atoms with van der Waals surface area (Å²) in [5.41, 5.74) is 4.70. The minimum atomic E-state index is -4.44. The minimum absolute atomic E-state index is 0.0867. The summed E-state index contributed by atoms with van der Waals surface area (Å²) in [6.07, 6.45) is -4.45. The molecule has 5 nitrogen and oxygen atoms in total. The van der Waals surface area contributed by atoms with Crippen molar-refractivity contribution in [3.8, 4) is 0 Å². The number of amides is 2. The molecule has 0 unspecified atom stereocenters. The number of nitrogens with two attached hydrogens (primary N) is 1. The van der Waals surface area contributed by atoms with Crippen molar-refractivity contribution in [3.05, 3.63) is 35.4 Å². The maximum Gasteiger partial charge on any atom is 0.416 e. The second kappa shape index (κ2) is 7.75. The van der Waals surface area contributed by atoms with E-state index in [2.05, 4.69) is 5.32 Å². The fourth-order valence-electron chi connectivity index (χ4n) is 1.88. The van der Waals surface area contributed by atoms with Crippen LogP contribution in [0.4, 0.5) is 13.2 Å². The van der Waals surface area contributed by atoms with Crippen LogP contribution >= 0.6 is 0 Å². The van der Waals surface area contributed by atoms with Gasteiger partial charge in [-0.05, 0) is 31.0 Å². The molecule has 126 valence electrons. The van der Waals surface area contributed by atoms with E-state index in [1.54, 1.807) is 0 Å². The lowest BCUT2D eigenvalue weighted by Gasteiger charge is -2.15. The number of benzene rings is 1. The lowest BCUT2D eigenvalue weighted by molar-refractivity contribution is -0.137. The van der Waals surface area contributed by atoms with Gasteiger partial charge in [0.05, 0.1) is 12.0 Å². The van der Waals surface area contributed by atoms with Gasteiger partial charge in [0.15, 0.2) is 0 Å². The van der Waals surface area contributed by atoms with Crippen LogP contribution in [0.2, 0.25) is 0 Å². The second-order valence-electron chi connectivity index (χ2n) is 5.13. The summed E-state index contributed by atoms with van der Waals surface area (Å²) in [5, 5.41) is 2.38. The van der Waals surface area contributed by atoms with Crippen molar-refractivity contribution < 1.29 is 27.6 Å². The summed E-state index contributed by atoms with van der Waals surface area (Å²) in [5.74, 6) is -1.47. The molecule has 0 saturated carbocycles. The summed E-state index contributed by atoms with van der Waals surface area (Å²) >= 11 is 0. The van der Waals surface area contributed by atoms with Gasteiger partial charge < -0.3 is 15.8 Å². The fraction of sp³-hybridized carbons (Fsp3) is 0.400. The van der Waals surface area contributed by atoms with Gasteiger partial charge >= 0.3 is 6.18 Å². The van der Waals surface area contributed by atoms with E-state index in [0.29, 0.717) is 5.56 Å². The Labute approximate surface area is 131 Å². The predicted molar refractivity (Wildman–Crippen MR) is 76.2 cm³/mol. The molecule has 1 rings (SSSR count). The van der Waals surface area contributed by atoms with Crippen LogP contribution < -0.4 is 11.1 Å². The third-order valence-corrected chi connectivity index (χ3v) is 3.11. The van der Waals surface area contributed by atoms with Crippen LogP contribution in [0.3, 0.4) is 0 Å². The van der Waals surface area contributed by atoms with Crippen LogP contribution in [0, 0.1) is 0 Å². The van der Waals surface area contributed by atoms with Crippen LogP contribution in [0.25, 0.3) is 0 Å². The zero-order valence-electron chi connectivity index (χ0n) is 12.4. The second-order valence-corrected chi connectivity index (χ2v) is 5.13. The Morgan fingerprint density at radius 3 is 2.17 bits per heavy atom. The van der Waals surface area contributed by atoms with Crippen LogP contribution in [-0.2, 0) is 27.0 Å². The Kier molecular flexibility index (Phi) is 6.29. The number of nitrogens with one attached hydrogen (secondary N) is 1. The molecule has 0 spiro atoms. The van der Waals surface area contributed by atoms with Crippen molar-refractivity contribution in [3.63, 3.8) is 0 Å². The SMILES string of the molecule is CC(=O)CC[C@@H](NC(=O)Cc1ccc(C(F)(F)F)cc1)C(N)=O. The molecule has 0 heterocycles. The maximum absolute atomic E-state index is 12.4. The zero-order chi connectivity index (χ0) is 17.6. The number of carbonyl (C=O) groups excluding carboxylic acids is 3. The third kappa shape index (κ3) is 6.50. The van der Waals surface area contributed by atoms with Crippen LogP contribution in [0.1, 0.15) is 30.9 Å². The molecule has 2 amide bonds. The average molecular weight is 330 g/mol. The summed E-state index contributed by atoms with van der Waals surface area (Å²) < 4.78 is 37.3. The average Bonchev–Trinajstić information content (AvgIpc) is 2.42. The number of hydrogen-bond donors (Lipinski definition) is 2. The Bertz CT molecular complexity index is 583. The molecule has 23 heavy (non-hydrogen) atoms. The highest BCUT2D eigenvalue weighted by molar-refractivity contribution is 5.88. The van der Waals surface area contributed by atoms with E-state index in [-0.39, 0.29) is 25.0 Å². The first kappa shape index (κ1) is 18.7. The van der Waals surface area contributed by atoms with Gasteiger partial charge in [-0.15, -0.1) is 0 Å². The van der Waals surface area contributed by atoms with E-state index in [0.717, 1.165) is 12.1 Å². The van der Waals surface area contributed by atoms with Gasteiger partial charge in [-0.3, -0.25) is 9.59 Å². The highest BCUT2D eigenvalue weighted by atomic mass is 19.4. The van der Waals surface area contributed by atoms with Crippen molar-refractivity contribution >= 4 is 17.6 Å². The lowest BCUT2D eigenvalue weighted by atomic mass is 10.1. The molecule has 0 fully saturated rings. The number of halogens is 3. The van der Waals surface area contributed by atoms with E-state index >= 15 is 0 Å². The monoisotopic (exact) mass is 330 g/mol. The highest BCUT2D eigenvalue weighted by Gasteiger charge is 2.30. The molecule has 0 bridgehead atoms. The number of hydrogen-bond acceptors (Lipinski definition) is 3. The first-order valence-electron chi connectivity index (χ1n) is 6.84. The van der Waals surface area contributed by atoms with E-state index in [4.69, 9.17) is 5.73 Å². The molecule has 0 aliphatic carbocycles. The Hall–Kier alpha value is -2.38. The third-order valence-electron chi connectivity index (χ3n) is 3.11. The zero-order valence-corrected chi connectivity index (χ0v) is 12.4. The molecular formula is C15H17F3N2O3. The Morgan fingerprint density at radius 1 is 1.17 bits per heavy atom. The Balaban J connectivity index is 2.64. The molecule has 1 atom stereocenters. The quantitative estimate of drug-likeness (QED) is 0.795. The number of carbonyl (C=O) groups is 3. The fourth-order valence-corrected chi connectivity index (χ4v) is 1.88. The maximum atomic E-state index is 12.4. The molecule has 1 aromatic rings. The van der Waals surface area contributed by atoms with E-state index in [1.807, 2.05) is 0 Å². The van der Waals surface area contributed by atoms with E-state index in [9.17, 15) is 27.6 Å². The highest BCUT2D eigenvalue weighted by Crippen LogP contribution is 2.29. The topological polar surface area (TPSA) is 89.3 Å². The molecule has 0 aliphatic heterocycles. The van der Waals surface area contributed by atoms with Crippen molar-refractivity contribution in [2.75, 3.05) is 0 Å². The van der Waals surface area contributed by atoms with Crippen molar-refractivity contribution in [1.29, 1.82) is 0 Å². The smallest absolute Gasteiger partial charge is 0.368 e. The molecule has 0 aliphatic rings. The van der Waals surface area contributed by atoms with Crippen LogP contribution in [-0.4, -0.2) is 23.6 Å². The molecule has 3 N–H and O–H groups in total. The number of rotatable bonds is 7. The molecule has 1 aromatic carbocycles. The van der Waals surface area contributed by atoms with Crippen molar-refractivity contribution in [1.82, 2.24) is 5.32 Å². The van der Waals surface area contributed by atoms with Gasteiger partial charge in [-0.1, -0.05) is 12.1 Å². The minimum Gasteiger partial charge on any atom is -0.368 e. The molecular weight excluding hydrogens is 313 g/mol. The molecule has 0 aromatic heterocycles. The van der Waals surface area contributed by atoms with E-state index in [1.165, 1.54) is 19.1 Å². The largest absolute Gasteiger partial charge is 0.416 e. The molecule has 0 radical (unpaired) electrons. The molecule has 8 heteroatoms. The first-order chi connectivity index (χ1) is 10.6. The predicted octanol–water partition coefficient (Wildman–Crippen LogP) is 1.59. The van der Waals surface area contributed by atoms with Gasteiger partial charge in [0.1, 0.15) is 11.8 Å². The van der Waals surface area contributed by atoms with E-state index < -0.39 is 29.6 Å². The Morgan fingerprint density at radius 2 is 1.74 bits per heavy atom. The lowest BCUT2D eigenvalue weighted by Crippen LogP contribution is -2.45. The van der Waals surface area contributed by atoms with Gasteiger partial charge in [0.2, 0.25) is 11.8 Å². The molecule has 0 saturated heterocycles. The number of primary amides is 1. The van der Waals surface area contributed by atoms with Crippen LogP contribution in [0.15, 0.2) is 24.3 Å². The van der Waals surface area contributed by atoms with Crippen molar-refractivity contribution in [2.45, 2.75) is 38.4 Å². The number of alkyl halides is 3.